The van der Waals surface area contributed by atoms with E-state index in [1.165, 1.54) is 25.0 Å². The van der Waals surface area contributed by atoms with E-state index in [0.29, 0.717) is 11.7 Å². The molecular weight excluding hydrogens is 251 g/mol. The normalized spacial score (nSPS) is 21.7. The van der Waals surface area contributed by atoms with Gasteiger partial charge in [0, 0.05) is 18.4 Å². The van der Waals surface area contributed by atoms with Crippen molar-refractivity contribution in [1.82, 2.24) is 5.32 Å². The van der Waals surface area contributed by atoms with Crippen LogP contribution in [0.2, 0.25) is 0 Å². The van der Waals surface area contributed by atoms with E-state index in [4.69, 9.17) is 0 Å². The summed E-state index contributed by atoms with van der Waals surface area (Å²) in [6.07, 6.45) is 0.294. The predicted molar refractivity (Wildman–Crippen MR) is 64.5 cm³/mol. The lowest BCUT2D eigenvalue weighted by molar-refractivity contribution is -0.173. The second kappa shape index (κ2) is 8.21. The average molecular weight is 271 g/mol. The highest BCUT2D eigenvalue weighted by Gasteiger charge is 2.27. The summed E-state index contributed by atoms with van der Waals surface area (Å²) in [6, 6.07) is 0. The molecule has 1 unspecified atom stereocenters. The van der Waals surface area contributed by atoms with Crippen LogP contribution < -0.4 is 5.32 Å². The lowest BCUT2D eigenvalue weighted by atomic mass is 10.2. The van der Waals surface area contributed by atoms with Gasteiger partial charge in [-0.15, -0.1) is 0 Å². The Balaban J connectivity index is 1.84. The number of nitrogens with one attached hydrogen (secondary N) is 1. The lowest BCUT2D eigenvalue weighted by Crippen LogP contribution is -2.28. The molecule has 1 aliphatic rings. The molecule has 1 saturated heterocycles. The van der Waals surface area contributed by atoms with Crippen LogP contribution in [0.1, 0.15) is 25.7 Å². The van der Waals surface area contributed by atoms with Crippen LogP contribution in [0, 0.1) is 0 Å². The number of ether oxygens (including phenoxy) is 1. The highest BCUT2D eigenvalue weighted by atomic mass is 32.2. The minimum absolute atomic E-state index is 0.171. The summed E-state index contributed by atoms with van der Waals surface area (Å²) in [6.45, 7) is 0.731. The molecule has 1 rings (SSSR count). The van der Waals surface area contributed by atoms with E-state index >= 15 is 0 Å². The minimum Gasteiger partial charge on any atom is -0.372 e. The summed E-state index contributed by atoms with van der Waals surface area (Å²) in [7, 11) is 0. The monoisotopic (exact) mass is 271 g/mol. The lowest BCUT2D eigenvalue weighted by Gasteiger charge is -2.21. The molecule has 17 heavy (non-hydrogen) atoms. The molecule has 0 aromatic rings. The number of hydrogen-bond donors (Lipinski definition) is 1. The molecule has 102 valence electrons. The van der Waals surface area contributed by atoms with Crippen molar-refractivity contribution in [3.8, 4) is 0 Å². The average Bonchev–Trinajstić information content (AvgIpc) is 2.28. The standard InChI is InChI=1S/C11H20F3NOS/c12-11(13,14)9-16-6-3-5-15-8-10-4-1-2-7-17-10/h10,15H,1-9H2. The van der Waals surface area contributed by atoms with Crippen LogP contribution in [0.25, 0.3) is 0 Å². The largest absolute Gasteiger partial charge is 0.411 e. The number of rotatable bonds is 7. The van der Waals surface area contributed by atoms with Crippen molar-refractivity contribution < 1.29 is 17.9 Å². The fraction of sp³-hybridized carbons (Fsp3) is 1.00. The van der Waals surface area contributed by atoms with Gasteiger partial charge in [0.1, 0.15) is 6.61 Å². The Morgan fingerprint density at radius 3 is 2.76 bits per heavy atom. The summed E-state index contributed by atoms with van der Waals surface area (Å²) in [5, 5.41) is 3.95. The highest BCUT2D eigenvalue weighted by Crippen LogP contribution is 2.24. The Labute approximate surface area is 105 Å². The summed E-state index contributed by atoms with van der Waals surface area (Å²) < 4.78 is 39.7. The first-order chi connectivity index (χ1) is 8.08. The predicted octanol–water partition coefficient (Wildman–Crippen LogP) is 2.83. The molecule has 1 fully saturated rings. The summed E-state index contributed by atoms with van der Waals surface area (Å²) in [5.74, 6) is 1.24. The second-order valence-electron chi connectivity index (χ2n) is 4.21. The maximum absolute atomic E-state index is 11.7. The highest BCUT2D eigenvalue weighted by molar-refractivity contribution is 7.99. The number of hydrogen-bond acceptors (Lipinski definition) is 3. The van der Waals surface area contributed by atoms with E-state index in [1.807, 2.05) is 11.8 Å². The molecule has 0 aromatic carbocycles. The van der Waals surface area contributed by atoms with Gasteiger partial charge in [-0.3, -0.25) is 0 Å². The summed E-state index contributed by atoms with van der Waals surface area (Å²) >= 11 is 1.99. The van der Waals surface area contributed by atoms with Crippen LogP contribution in [0.3, 0.4) is 0 Å². The van der Waals surface area contributed by atoms with Gasteiger partial charge < -0.3 is 10.1 Å². The maximum Gasteiger partial charge on any atom is 0.411 e. The van der Waals surface area contributed by atoms with Crippen molar-refractivity contribution in [3.05, 3.63) is 0 Å². The molecule has 2 nitrogen and oxygen atoms in total. The first-order valence-electron chi connectivity index (χ1n) is 6.05. The number of thioether (sulfide) groups is 1. The van der Waals surface area contributed by atoms with Crippen LogP contribution in [0.4, 0.5) is 13.2 Å². The van der Waals surface area contributed by atoms with Gasteiger partial charge in [0.05, 0.1) is 0 Å². The van der Waals surface area contributed by atoms with Crippen LogP contribution >= 0.6 is 11.8 Å². The summed E-state index contributed by atoms with van der Waals surface area (Å²) in [5.41, 5.74) is 0. The Morgan fingerprint density at radius 2 is 2.12 bits per heavy atom. The Bertz CT molecular complexity index is 196. The van der Waals surface area contributed by atoms with Crippen LogP contribution in [-0.2, 0) is 4.74 Å². The minimum atomic E-state index is -4.20. The maximum atomic E-state index is 11.7. The molecule has 0 aromatic heterocycles. The molecule has 0 amide bonds. The Morgan fingerprint density at radius 1 is 1.29 bits per heavy atom. The van der Waals surface area contributed by atoms with E-state index in [9.17, 15) is 13.2 Å². The van der Waals surface area contributed by atoms with Crippen molar-refractivity contribution in [1.29, 1.82) is 0 Å². The third-order valence-corrected chi connectivity index (χ3v) is 3.95. The van der Waals surface area contributed by atoms with Gasteiger partial charge in [0.15, 0.2) is 0 Å². The van der Waals surface area contributed by atoms with Gasteiger partial charge in [0.2, 0.25) is 0 Å². The third-order valence-electron chi connectivity index (χ3n) is 2.55. The van der Waals surface area contributed by atoms with E-state index < -0.39 is 12.8 Å². The van der Waals surface area contributed by atoms with Crippen LogP contribution in [0.5, 0.6) is 0 Å². The van der Waals surface area contributed by atoms with Crippen LogP contribution in [-0.4, -0.2) is 43.5 Å². The van der Waals surface area contributed by atoms with E-state index in [1.54, 1.807) is 0 Å². The van der Waals surface area contributed by atoms with Crippen molar-refractivity contribution in [3.63, 3.8) is 0 Å². The van der Waals surface area contributed by atoms with Crippen molar-refractivity contribution in [2.45, 2.75) is 37.1 Å². The first kappa shape index (κ1) is 15.1. The van der Waals surface area contributed by atoms with Gasteiger partial charge in [-0.25, -0.2) is 0 Å². The summed E-state index contributed by atoms with van der Waals surface area (Å²) in [4.78, 5) is 0. The Kier molecular flexibility index (Phi) is 7.30. The van der Waals surface area contributed by atoms with E-state index in [-0.39, 0.29) is 6.61 Å². The molecule has 0 saturated carbocycles. The molecule has 1 heterocycles. The smallest absolute Gasteiger partial charge is 0.372 e. The second-order valence-corrected chi connectivity index (χ2v) is 5.62. The molecule has 0 spiro atoms. The van der Waals surface area contributed by atoms with E-state index in [0.717, 1.165) is 13.1 Å². The SMILES string of the molecule is FC(F)(F)COCCCNCC1CCCCS1. The van der Waals surface area contributed by atoms with Gasteiger partial charge in [-0.1, -0.05) is 6.42 Å². The van der Waals surface area contributed by atoms with Crippen molar-refractivity contribution in [2.24, 2.45) is 0 Å². The molecule has 1 N–H and O–H groups in total. The van der Waals surface area contributed by atoms with Crippen LogP contribution in [0.15, 0.2) is 0 Å². The van der Waals surface area contributed by atoms with Gasteiger partial charge in [0.25, 0.3) is 0 Å². The zero-order valence-electron chi connectivity index (χ0n) is 9.89. The molecule has 6 heteroatoms. The molecule has 0 bridgehead atoms. The quantitative estimate of drug-likeness (QED) is 0.719. The molecule has 1 atom stereocenters. The molecule has 1 aliphatic heterocycles. The van der Waals surface area contributed by atoms with E-state index in [2.05, 4.69) is 10.1 Å². The topological polar surface area (TPSA) is 21.3 Å². The fourth-order valence-corrected chi connectivity index (χ4v) is 2.99. The Hall–Kier alpha value is 0.0600. The zero-order chi connectivity index (χ0) is 12.6. The van der Waals surface area contributed by atoms with Gasteiger partial charge in [-0.05, 0) is 31.6 Å². The first-order valence-corrected chi connectivity index (χ1v) is 7.09. The van der Waals surface area contributed by atoms with Gasteiger partial charge >= 0.3 is 6.18 Å². The van der Waals surface area contributed by atoms with Gasteiger partial charge in [-0.2, -0.15) is 24.9 Å². The zero-order valence-corrected chi connectivity index (χ0v) is 10.7. The van der Waals surface area contributed by atoms with Crippen molar-refractivity contribution in [2.75, 3.05) is 32.1 Å². The molecular formula is C11H20F3NOS. The number of halogens is 3. The molecule has 0 radical (unpaired) electrons. The fourth-order valence-electron chi connectivity index (χ4n) is 1.72. The number of alkyl halides is 3. The third kappa shape index (κ3) is 8.74. The van der Waals surface area contributed by atoms with Crippen molar-refractivity contribution >= 4 is 11.8 Å². The molecule has 0 aliphatic carbocycles.